The third-order valence-corrected chi connectivity index (χ3v) is 21.7. The fraction of sp³-hybridized carbons (Fsp3) is 0.440. The number of nitrogens with one attached hydrogen (secondary N) is 4. The number of hydrogen-bond acceptors (Lipinski definition) is 5. The third-order valence-electron chi connectivity index (χ3n) is 21.7. The van der Waals surface area contributed by atoms with Crippen molar-refractivity contribution in [3.8, 4) is 0 Å². The molecule has 8 bridgehead atoms. The van der Waals surface area contributed by atoms with E-state index in [-0.39, 0.29) is 107 Å². The van der Waals surface area contributed by atoms with E-state index in [0.29, 0.717) is 84.2 Å². The molecule has 5 heterocycles. The fourth-order valence-electron chi connectivity index (χ4n) is 14.2. The van der Waals surface area contributed by atoms with Gasteiger partial charge in [0.1, 0.15) is 0 Å². The van der Waals surface area contributed by atoms with Crippen molar-refractivity contribution in [2.24, 2.45) is 50.3 Å². The van der Waals surface area contributed by atoms with Gasteiger partial charge < -0.3 is 36.6 Å². The number of aromatic nitrogens is 2. The van der Waals surface area contributed by atoms with Crippen molar-refractivity contribution in [3.63, 3.8) is 0 Å². The summed E-state index contributed by atoms with van der Waals surface area (Å²) in [5.41, 5.74) is 14.1. The summed E-state index contributed by atoms with van der Waals surface area (Å²) in [6.45, 7) is 43.9. The number of nitrogens with zero attached hydrogens (tertiary/aromatic N) is 4. The molecule has 4 saturated carbocycles. The zero-order valence-corrected chi connectivity index (χ0v) is 61.6. The summed E-state index contributed by atoms with van der Waals surface area (Å²) in [5, 5.41) is 20.7. The maximum absolute atomic E-state index is 14.6. The molecule has 12 nitrogen and oxygen atoms in total. The number of benzene rings is 4. The van der Waals surface area contributed by atoms with Crippen LogP contribution in [0, 0.1) is 45.3 Å². The summed E-state index contributed by atoms with van der Waals surface area (Å²) in [6.07, 6.45) is 11.3. The smallest absolute Gasteiger partial charge is 0.674 e. The van der Waals surface area contributed by atoms with Crippen LogP contribution in [0.15, 0.2) is 138 Å². The Morgan fingerprint density at radius 3 is 1.18 bits per heavy atom. The minimum Gasteiger partial charge on any atom is -0.674 e. The molecule has 0 radical (unpaired) electrons. The molecule has 2 aromatic heterocycles. The molecular weight excluding hydrogens is 1240 g/mol. The number of carbonyl (C=O) groups excluding carboxylic acids is 4. The van der Waals surface area contributed by atoms with E-state index in [0.717, 1.165) is 70.2 Å². The predicted octanol–water partition coefficient (Wildman–Crippen LogP) is 16.7. The van der Waals surface area contributed by atoms with Gasteiger partial charge in [-0.15, -0.1) is 27.8 Å². The molecule has 5 atom stereocenters. The van der Waals surface area contributed by atoms with E-state index in [1.807, 2.05) is 54.6 Å². The van der Waals surface area contributed by atoms with E-state index < -0.39 is 6.04 Å². The summed E-state index contributed by atoms with van der Waals surface area (Å²) in [6, 6.07) is 32.8. The van der Waals surface area contributed by atoms with Gasteiger partial charge in [-0.05, 0) is 156 Å². The van der Waals surface area contributed by atoms with Gasteiger partial charge >= 0.3 is 16.8 Å². The summed E-state index contributed by atoms with van der Waals surface area (Å²) >= 11 is 0. The van der Waals surface area contributed by atoms with Gasteiger partial charge in [0.15, 0.2) is 0 Å². The van der Waals surface area contributed by atoms with Crippen molar-refractivity contribution in [3.05, 3.63) is 205 Å². The quantitative estimate of drug-likeness (QED) is 0.0950. The third kappa shape index (κ3) is 13.4. The molecule has 4 amide bonds. The zero-order valence-electron chi connectivity index (χ0n) is 60.5. The zero-order chi connectivity index (χ0) is 69.1. The molecule has 7 aliphatic rings. The molecule has 4 N–H and O–H groups in total. The Labute approximate surface area is 585 Å². The summed E-state index contributed by atoms with van der Waals surface area (Å²) < 4.78 is 0. The van der Waals surface area contributed by atoms with Gasteiger partial charge in [0, 0.05) is 34.8 Å². The number of amides is 4. The van der Waals surface area contributed by atoms with Gasteiger partial charge in [-0.25, -0.2) is 4.99 Å². The van der Waals surface area contributed by atoms with Crippen LogP contribution < -0.4 is 41.9 Å². The maximum Gasteiger partial charge on any atom is 3.00 e. The summed E-state index contributed by atoms with van der Waals surface area (Å²) in [5.74, 6) is -1.13. The van der Waals surface area contributed by atoms with Crippen molar-refractivity contribution < 1.29 is 36.0 Å². The number of aliphatic imine (C=N–C) groups is 1. The first-order valence-electron chi connectivity index (χ1n) is 34.7. The molecule has 1 unspecified atom stereocenters. The fourth-order valence-corrected chi connectivity index (χ4v) is 14.2. The Morgan fingerprint density at radius 1 is 0.433 bits per heavy atom. The molecule has 6 aromatic rings. The topological polar surface area (TPSA) is 171 Å². The largest absolute Gasteiger partial charge is 3.00 e. The molecular formula is C84H97CoN8O4. The van der Waals surface area contributed by atoms with Gasteiger partial charge in [0.05, 0.1) is 34.2 Å². The first-order valence-corrected chi connectivity index (χ1v) is 34.7. The van der Waals surface area contributed by atoms with Gasteiger partial charge in [-0.2, -0.15) is 0 Å². The Kier molecular flexibility index (Phi) is 16.8. The van der Waals surface area contributed by atoms with E-state index in [2.05, 4.69) is 227 Å². The van der Waals surface area contributed by atoms with Crippen LogP contribution in [0.5, 0.6) is 0 Å². The second-order valence-electron chi connectivity index (χ2n) is 35.5. The van der Waals surface area contributed by atoms with Gasteiger partial charge in [-0.3, -0.25) is 19.2 Å². The van der Waals surface area contributed by atoms with Gasteiger partial charge in [0.2, 0.25) is 23.6 Å². The van der Waals surface area contributed by atoms with Crippen LogP contribution in [0.25, 0.3) is 27.6 Å². The number of carbonyl (C=O) groups is 4. The van der Waals surface area contributed by atoms with Gasteiger partial charge in [-0.1, -0.05) is 235 Å². The normalized spacial score (nSPS) is 24.9. The minimum absolute atomic E-state index is 0. The van der Waals surface area contributed by atoms with E-state index >= 15 is 0 Å². The average molecular weight is 1340 g/mol. The number of allylic oxidation sites excluding steroid dienone is 3. The van der Waals surface area contributed by atoms with E-state index in [4.69, 9.17) is 20.3 Å². The minimum atomic E-state index is -0.627. The van der Waals surface area contributed by atoms with Crippen LogP contribution in [0.4, 0.5) is 22.7 Å². The molecule has 0 saturated heterocycles. The number of hydrogen-bond donors (Lipinski definition) is 4. The van der Waals surface area contributed by atoms with Crippen LogP contribution in [0.2, 0.25) is 0 Å². The van der Waals surface area contributed by atoms with Crippen LogP contribution in [-0.2, 0) is 57.6 Å². The second-order valence-corrected chi connectivity index (χ2v) is 35.5. The molecule has 97 heavy (non-hydrogen) atoms. The van der Waals surface area contributed by atoms with E-state index in [1.165, 1.54) is 0 Å². The molecule has 506 valence electrons. The first-order chi connectivity index (χ1) is 44.7. The molecule has 0 spiro atoms. The van der Waals surface area contributed by atoms with Crippen LogP contribution in [-0.4, -0.2) is 35.4 Å². The van der Waals surface area contributed by atoms with Crippen molar-refractivity contribution in [1.82, 2.24) is 9.97 Å². The van der Waals surface area contributed by atoms with E-state index in [9.17, 15) is 19.2 Å². The summed E-state index contributed by atoms with van der Waals surface area (Å²) in [7, 11) is 0. The van der Waals surface area contributed by atoms with Crippen LogP contribution >= 0.6 is 0 Å². The molecule has 4 aliphatic carbocycles. The van der Waals surface area contributed by atoms with Crippen molar-refractivity contribution >= 4 is 74.4 Å². The van der Waals surface area contributed by atoms with Crippen molar-refractivity contribution in [2.75, 3.05) is 21.3 Å². The number of rotatable bonds is 12. The monoisotopic (exact) mass is 1340 g/mol. The summed E-state index contributed by atoms with van der Waals surface area (Å²) in [4.78, 5) is 75.9. The SMILES string of the molecule is CC(C)(C)c1cc(/C2=C3\C=CC(=N3)/C(c3c(NC(=O)[C@H]4CC4(C)C)cccc3NC(=O)[C@H]3CC3(C)C)=c3/cc/c([n-]3)=C(\c3cc(C(C)(C)C)cc(C(C)(C)C)c3)C3C=C/C(=C(\c4c(NC(=O)[C@H]5CC5(C)C)cccc4NC(=O)[C@H]4CC4(C)C)c4ccc2[n-]4)[N-]3)cc(C(C)(C)C)c1.[Co+3]. The molecule has 13 heteroatoms. The number of anilines is 4. The van der Waals surface area contributed by atoms with Crippen LogP contribution in [0.3, 0.4) is 0 Å². The van der Waals surface area contributed by atoms with Gasteiger partial charge in [0.25, 0.3) is 0 Å². The molecule has 4 fully saturated rings. The van der Waals surface area contributed by atoms with Crippen LogP contribution in [0.1, 0.15) is 220 Å². The molecule has 13 rings (SSSR count). The predicted molar refractivity (Wildman–Crippen MR) is 391 cm³/mol. The van der Waals surface area contributed by atoms with Crippen molar-refractivity contribution in [1.29, 1.82) is 0 Å². The molecule has 3 aliphatic heterocycles. The maximum atomic E-state index is 14.6. The Balaban J connectivity index is 0.00000897. The standard InChI is InChI=1S/C84H100N8O4.Co/c1-77(2,3)47-35-45(36-48(39-47)78(4,5)6)67-59-27-31-63(85-59)71(69-55(89-73(93)51-41-81(51,13)14)23-21-24-56(69)90-74(94)52-42-82(52,15)16)65-33-29-61(87-65)68(46-37-49(79(7,8)9)40-50(38-46)80(10,11)12)62-30-34-66(88-62)72(64-32-28-60(67)86-64)70-57(91-75(95)53-43-83(53,17)18)25-22-26-58(70)92-76(96)54-44-84(54,19)20;/h21-40,51-54,59H,41-44H2,1-20H3,(H7,85,86,87,88,89,90,91,92,93,94,95,96);/q;+3/p-3/b67-60-;/t51-,52-,53-,54-,59?;/m1./s1. The Hall–Kier alpha value is -8.00. The Bertz CT molecular complexity index is 4440. The second kappa shape index (κ2) is 23.6. The molecule has 4 aromatic carbocycles. The number of fused-ring (bicyclic) bond motifs is 7. The average Bonchev–Trinajstić information content (AvgIpc) is 1.84. The van der Waals surface area contributed by atoms with E-state index in [1.54, 1.807) is 0 Å². The van der Waals surface area contributed by atoms with Crippen molar-refractivity contribution in [2.45, 2.75) is 192 Å². The first kappa shape index (κ1) is 68.9. The Morgan fingerprint density at radius 2 is 0.794 bits per heavy atom.